The van der Waals surface area contributed by atoms with Crippen LogP contribution in [0, 0.1) is 23.2 Å². The van der Waals surface area contributed by atoms with E-state index in [1.165, 1.54) is 0 Å². The van der Waals surface area contributed by atoms with Gasteiger partial charge in [-0.2, -0.15) is 5.26 Å². The van der Waals surface area contributed by atoms with Gasteiger partial charge in [0.1, 0.15) is 17.1 Å². The first-order chi connectivity index (χ1) is 14.0. The fourth-order valence-electron chi connectivity index (χ4n) is 3.51. The molecule has 0 saturated carbocycles. The number of hydrogen-bond donors (Lipinski definition) is 2. The molecule has 3 heterocycles. The highest BCUT2D eigenvalue weighted by molar-refractivity contribution is 6.02. The molecule has 3 aromatic heterocycles. The zero-order valence-corrected chi connectivity index (χ0v) is 17.3. The molecule has 0 bridgehead atoms. The lowest BCUT2D eigenvalue weighted by atomic mass is 10.1. The largest absolute Gasteiger partial charge is 0.385 e. The second-order valence-corrected chi connectivity index (χ2v) is 8.26. The third-order valence-electron chi connectivity index (χ3n) is 4.91. The van der Waals surface area contributed by atoms with Crippen molar-refractivity contribution < 1.29 is 0 Å². The number of nitriles is 1. The molecule has 29 heavy (non-hydrogen) atoms. The van der Waals surface area contributed by atoms with Crippen molar-refractivity contribution in [2.75, 3.05) is 23.7 Å². The first-order valence-electron chi connectivity index (χ1n) is 10.1. The summed E-state index contributed by atoms with van der Waals surface area (Å²) in [6.45, 7) is 10.4. The number of rotatable bonds is 6. The van der Waals surface area contributed by atoms with E-state index in [0.29, 0.717) is 23.0 Å². The van der Waals surface area contributed by atoms with Crippen molar-refractivity contribution in [3.05, 3.63) is 42.1 Å². The molecule has 0 saturated heterocycles. The number of anilines is 2. The molecule has 4 aromatic rings. The molecule has 0 aliphatic heterocycles. The standard InChI is InChI=1S/C23H26N6/c1-14(2)12-26-16-7-8-17-20(10-16)29-22(28-19-6-5-9-25-23(19)29)18(11-24)21(17)27-13-15(3)4/h5-10,14-15,26-27H,12-13H2,1-4H3. The van der Waals surface area contributed by atoms with E-state index in [1.807, 2.05) is 16.5 Å². The van der Waals surface area contributed by atoms with Crippen molar-refractivity contribution >= 4 is 39.1 Å². The fourth-order valence-corrected chi connectivity index (χ4v) is 3.51. The molecular weight excluding hydrogens is 360 g/mol. The number of nitrogens with one attached hydrogen (secondary N) is 2. The maximum atomic E-state index is 9.99. The Morgan fingerprint density at radius 3 is 2.52 bits per heavy atom. The van der Waals surface area contributed by atoms with E-state index in [2.05, 4.69) is 67.6 Å². The van der Waals surface area contributed by atoms with Crippen LogP contribution in [0.5, 0.6) is 0 Å². The lowest BCUT2D eigenvalue weighted by molar-refractivity contribution is 0.689. The Kier molecular flexibility index (Phi) is 4.98. The molecule has 0 unspecified atom stereocenters. The smallest absolute Gasteiger partial charge is 0.164 e. The number of benzene rings is 1. The summed E-state index contributed by atoms with van der Waals surface area (Å²) in [5, 5.41) is 18.0. The number of nitrogens with zero attached hydrogens (tertiary/aromatic N) is 4. The monoisotopic (exact) mass is 386 g/mol. The highest BCUT2D eigenvalue weighted by Gasteiger charge is 2.19. The van der Waals surface area contributed by atoms with E-state index in [-0.39, 0.29) is 0 Å². The Morgan fingerprint density at radius 1 is 1.03 bits per heavy atom. The summed E-state index contributed by atoms with van der Waals surface area (Å²) in [6, 6.07) is 12.5. The van der Waals surface area contributed by atoms with Crippen LogP contribution in [0.15, 0.2) is 36.5 Å². The van der Waals surface area contributed by atoms with Crippen molar-refractivity contribution in [3.63, 3.8) is 0 Å². The van der Waals surface area contributed by atoms with Crippen LogP contribution in [0.1, 0.15) is 33.3 Å². The highest BCUT2D eigenvalue weighted by atomic mass is 15.1. The Morgan fingerprint density at radius 2 is 1.79 bits per heavy atom. The van der Waals surface area contributed by atoms with E-state index in [9.17, 15) is 5.26 Å². The van der Waals surface area contributed by atoms with Crippen LogP contribution in [-0.4, -0.2) is 27.5 Å². The van der Waals surface area contributed by atoms with Gasteiger partial charge in [0.05, 0.1) is 11.2 Å². The molecule has 0 spiro atoms. The number of imidazole rings is 1. The van der Waals surface area contributed by atoms with Crippen LogP contribution in [0.4, 0.5) is 11.4 Å². The Balaban J connectivity index is 2.05. The number of hydrogen-bond acceptors (Lipinski definition) is 5. The molecular formula is C23H26N6. The molecule has 0 amide bonds. The van der Waals surface area contributed by atoms with E-state index in [0.717, 1.165) is 46.5 Å². The average Bonchev–Trinajstić information content (AvgIpc) is 3.09. The van der Waals surface area contributed by atoms with Gasteiger partial charge in [0.2, 0.25) is 0 Å². The maximum Gasteiger partial charge on any atom is 0.164 e. The molecule has 0 aliphatic rings. The zero-order valence-electron chi connectivity index (χ0n) is 17.3. The van der Waals surface area contributed by atoms with Gasteiger partial charge in [-0.15, -0.1) is 0 Å². The van der Waals surface area contributed by atoms with Gasteiger partial charge in [-0.05, 0) is 42.2 Å². The third-order valence-corrected chi connectivity index (χ3v) is 4.91. The van der Waals surface area contributed by atoms with Crippen LogP contribution >= 0.6 is 0 Å². The van der Waals surface area contributed by atoms with Gasteiger partial charge in [0, 0.05) is 30.4 Å². The summed E-state index contributed by atoms with van der Waals surface area (Å²) in [5.74, 6) is 1.01. The van der Waals surface area contributed by atoms with Gasteiger partial charge in [0.15, 0.2) is 11.3 Å². The molecule has 2 N–H and O–H groups in total. The predicted octanol–water partition coefficient (Wildman–Crippen LogP) is 5.04. The van der Waals surface area contributed by atoms with E-state index >= 15 is 0 Å². The van der Waals surface area contributed by atoms with Crippen LogP contribution in [-0.2, 0) is 0 Å². The van der Waals surface area contributed by atoms with Crippen LogP contribution in [0.25, 0.3) is 27.7 Å². The number of aromatic nitrogens is 3. The number of pyridine rings is 2. The molecule has 0 fully saturated rings. The molecule has 1 aromatic carbocycles. The topological polar surface area (TPSA) is 78.0 Å². The maximum absolute atomic E-state index is 9.99. The van der Waals surface area contributed by atoms with Crippen LogP contribution < -0.4 is 10.6 Å². The first kappa shape index (κ1) is 19.0. The highest BCUT2D eigenvalue weighted by Crippen LogP contribution is 2.34. The predicted molar refractivity (Wildman–Crippen MR) is 119 cm³/mol. The van der Waals surface area contributed by atoms with Gasteiger partial charge in [0.25, 0.3) is 0 Å². The van der Waals surface area contributed by atoms with E-state index in [4.69, 9.17) is 4.98 Å². The summed E-state index contributed by atoms with van der Waals surface area (Å²) in [6.07, 6.45) is 1.76. The quantitative estimate of drug-likeness (QED) is 0.485. The van der Waals surface area contributed by atoms with Crippen LogP contribution in [0.3, 0.4) is 0 Å². The van der Waals surface area contributed by atoms with Gasteiger partial charge >= 0.3 is 0 Å². The van der Waals surface area contributed by atoms with Crippen molar-refractivity contribution in [2.24, 2.45) is 11.8 Å². The van der Waals surface area contributed by atoms with E-state index in [1.54, 1.807) is 6.20 Å². The molecule has 148 valence electrons. The summed E-state index contributed by atoms with van der Waals surface area (Å²) in [5.41, 5.74) is 5.62. The first-order valence-corrected chi connectivity index (χ1v) is 10.1. The zero-order chi connectivity index (χ0) is 20.5. The van der Waals surface area contributed by atoms with Crippen molar-refractivity contribution in [3.8, 4) is 6.07 Å². The van der Waals surface area contributed by atoms with Gasteiger partial charge < -0.3 is 10.6 Å². The molecule has 0 atom stereocenters. The summed E-state index contributed by atoms with van der Waals surface area (Å²) in [7, 11) is 0. The van der Waals surface area contributed by atoms with Gasteiger partial charge in [-0.1, -0.05) is 27.7 Å². The lowest BCUT2D eigenvalue weighted by Crippen LogP contribution is -2.11. The SMILES string of the molecule is CC(C)CNc1ccc2c(NCC(C)C)c(C#N)c3nc4cccnc4n3c2c1. The van der Waals surface area contributed by atoms with Crippen LogP contribution in [0.2, 0.25) is 0 Å². The molecule has 4 rings (SSSR count). The Hall–Kier alpha value is -3.33. The molecule has 0 radical (unpaired) electrons. The van der Waals surface area contributed by atoms with Gasteiger partial charge in [-0.25, -0.2) is 9.97 Å². The summed E-state index contributed by atoms with van der Waals surface area (Å²) in [4.78, 5) is 9.30. The van der Waals surface area contributed by atoms with Crippen molar-refractivity contribution in [1.29, 1.82) is 5.26 Å². The lowest BCUT2D eigenvalue weighted by Gasteiger charge is -2.17. The van der Waals surface area contributed by atoms with Crippen molar-refractivity contribution in [1.82, 2.24) is 14.4 Å². The van der Waals surface area contributed by atoms with Gasteiger partial charge in [-0.3, -0.25) is 4.40 Å². The molecule has 0 aliphatic carbocycles. The van der Waals surface area contributed by atoms with Crippen molar-refractivity contribution in [2.45, 2.75) is 27.7 Å². The Labute approximate surface area is 170 Å². The summed E-state index contributed by atoms with van der Waals surface area (Å²) < 4.78 is 2.00. The second kappa shape index (κ2) is 7.59. The minimum Gasteiger partial charge on any atom is -0.385 e. The Bertz CT molecular complexity index is 1230. The minimum absolute atomic E-state index is 0.459. The minimum atomic E-state index is 0.459. The average molecular weight is 387 g/mol. The number of fused-ring (bicyclic) bond motifs is 5. The molecule has 6 nitrogen and oxygen atoms in total. The third kappa shape index (κ3) is 3.44. The molecule has 6 heteroatoms. The summed E-state index contributed by atoms with van der Waals surface area (Å²) >= 11 is 0. The fraction of sp³-hybridized carbons (Fsp3) is 0.348. The second-order valence-electron chi connectivity index (χ2n) is 8.26. The van der Waals surface area contributed by atoms with E-state index < -0.39 is 0 Å². The normalized spacial score (nSPS) is 11.6.